The standard InChI is InChI=1S/C28H30F2N4O8/c1-4-9-40-27(38)41-24-22-26(37)33-14-20(28(8-7-15(33)2)11-21(39-3)32-42-28)34(22)13-18(23(24)35)25(36)31-12-16-5-6-17(29)10-19(16)30/h5-6,10,13,15,20H,4,7-9,11-12,14H2,1-3H3,(H,31,36)/t15-,20+,28-/m0/s1. The van der Waals surface area contributed by atoms with Crippen molar-refractivity contribution in [3.63, 3.8) is 0 Å². The van der Waals surface area contributed by atoms with Crippen molar-refractivity contribution in [2.75, 3.05) is 20.3 Å². The van der Waals surface area contributed by atoms with E-state index < -0.39 is 58.0 Å². The van der Waals surface area contributed by atoms with Gasteiger partial charge in [0.15, 0.2) is 11.3 Å². The quantitative estimate of drug-likeness (QED) is 0.508. The van der Waals surface area contributed by atoms with Crippen molar-refractivity contribution in [1.29, 1.82) is 0 Å². The van der Waals surface area contributed by atoms with Gasteiger partial charge in [-0.3, -0.25) is 14.4 Å². The Morgan fingerprint density at radius 3 is 2.74 bits per heavy atom. The SMILES string of the molecule is CCCOC(=O)Oc1c2n(cc(C(=O)NCc3ccc(F)cc3F)c1=O)[C@@H]1CN(C2=O)[C@@H](C)CC[C@]12CC(OC)=NO2. The summed E-state index contributed by atoms with van der Waals surface area (Å²) in [6.45, 7) is 3.41. The predicted molar refractivity (Wildman–Crippen MR) is 142 cm³/mol. The zero-order valence-corrected chi connectivity index (χ0v) is 23.3. The fourth-order valence-electron chi connectivity index (χ4n) is 5.51. The number of fused-ring (bicyclic) bond motifs is 5. The Morgan fingerprint density at radius 2 is 2.05 bits per heavy atom. The van der Waals surface area contributed by atoms with Crippen LogP contribution >= 0.6 is 0 Å². The van der Waals surface area contributed by atoms with E-state index in [0.29, 0.717) is 31.2 Å². The van der Waals surface area contributed by atoms with E-state index in [4.69, 9.17) is 19.0 Å². The van der Waals surface area contributed by atoms with Gasteiger partial charge < -0.3 is 33.8 Å². The molecule has 3 aliphatic rings. The van der Waals surface area contributed by atoms with Crippen LogP contribution in [-0.2, 0) is 20.9 Å². The summed E-state index contributed by atoms with van der Waals surface area (Å²) < 4.78 is 44.6. The highest BCUT2D eigenvalue weighted by Gasteiger charge is 2.55. The van der Waals surface area contributed by atoms with Gasteiger partial charge in [-0.2, -0.15) is 0 Å². The molecule has 2 bridgehead atoms. The van der Waals surface area contributed by atoms with Crippen LogP contribution in [0.2, 0.25) is 0 Å². The first-order valence-electron chi connectivity index (χ1n) is 13.5. The molecule has 1 N–H and O–H groups in total. The zero-order valence-electron chi connectivity index (χ0n) is 23.3. The van der Waals surface area contributed by atoms with Crippen LogP contribution < -0.4 is 15.5 Å². The molecule has 0 saturated carbocycles. The molecule has 5 rings (SSSR count). The summed E-state index contributed by atoms with van der Waals surface area (Å²) in [4.78, 5) is 60.9. The molecule has 4 heterocycles. The molecular weight excluding hydrogens is 558 g/mol. The number of oxime groups is 1. The van der Waals surface area contributed by atoms with Crippen molar-refractivity contribution >= 4 is 23.9 Å². The van der Waals surface area contributed by atoms with Crippen LogP contribution in [0, 0.1) is 11.6 Å². The number of amides is 2. The van der Waals surface area contributed by atoms with Crippen molar-refractivity contribution < 1.29 is 42.2 Å². The maximum Gasteiger partial charge on any atom is 0.514 e. The maximum atomic E-state index is 14.2. The predicted octanol–water partition coefficient (Wildman–Crippen LogP) is 3.28. The van der Waals surface area contributed by atoms with Crippen molar-refractivity contribution in [2.24, 2.45) is 5.16 Å². The fraction of sp³-hybridized carbons (Fsp3) is 0.464. The van der Waals surface area contributed by atoms with E-state index in [0.717, 1.165) is 12.1 Å². The Hall–Kier alpha value is -4.49. The molecule has 1 spiro atoms. The van der Waals surface area contributed by atoms with Gasteiger partial charge in [0, 0.05) is 37.0 Å². The highest BCUT2D eigenvalue weighted by molar-refractivity contribution is 6.00. The van der Waals surface area contributed by atoms with Gasteiger partial charge >= 0.3 is 6.16 Å². The topological polar surface area (TPSA) is 138 Å². The summed E-state index contributed by atoms with van der Waals surface area (Å²) in [5.74, 6) is -3.50. The fourth-order valence-corrected chi connectivity index (χ4v) is 5.51. The van der Waals surface area contributed by atoms with Crippen LogP contribution in [-0.4, -0.2) is 65.2 Å². The number of carbonyl (C=O) groups excluding carboxylic acids is 3. The number of aromatic nitrogens is 1. The summed E-state index contributed by atoms with van der Waals surface area (Å²) in [6.07, 6.45) is 1.73. The third-order valence-corrected chi connectivity index (χ3v) is 7.81. The summed E-state index contributed by atoms with van der Waals surface area (Å²) in [7, 11) is 1.46. The zero-order chi connectivity index (χ0) is 30.2. The molecule has 1 saturated heterocycles. The van der Waals surface area contributed by atoms with Crippen molar-refractivity contribution in [3.05, 3.63) is 63.1 Å². The largest absolute Gasteiger partial charge is 0.514 e. The average molecular weight is 589 g/mol. The summed E-state index contributed by atoms with van der Waals surface area (Å²) >= 11 is 0. The van der Waals surface area contributed by atoms with Gasteiger partial charge in [-0.25, -0.2) is 13.6 Å². The highest BCUT2D eigenvalue weighted by atomic mass is 19.1. The number of methoxy groups -OCH3 is 1. The van der Waals surface area contributed by atoms with Gasteiger partial charge in [0.2, 0.25) is 17.1 Å². The Bertz CT molecular complexity index is 1530. The van der Waals surface area contributed by atoms with Crippen LogP contribution in [0.4, 0.5) is 13.6 Å². The molecule has 3 atom stereocenters. The molecule has 1 aromatic carbocycles. The minimum Gasteiger partial charge on any atom is -0.482 e. The van der Waals surface area contributed by atoms with Crippen molar-refractivity contribution in [3.8, 4) is 5.75 Å². The highest BCUT2D eigenvalue weighted by Crippen LogP contribution is 2.46. The van der Waals surface area contributed by atoms with Crippen molar-refractivity contribution in [1.82, 2.24) is 14.8 Å². The van der Waals surface area contributed by atoms with Gasteiger partial charge in [-0.05, 0) is 32.3 Å². The van der Waals surface area contributed by atoms with E-state index in [-0.39, 0.29) is 43.4 Å². The smallest absolute Gasteiger partial charge is 0.482 e. The normalized spacial score (nSPS) is 22.5. The lowest BCUT2D eigenvalue weighted by molar-refractivity contribution is -0.0655. The Balaban J connectivity index is 1.61. The van der Waals surface area contributed by atoms with E-state index in [9.17, 15) is 28.0 Å². The number of nitrogens with zero attached hydrogens (tertiary/aromatic N) is 3. The Morgan fingerprint density at radius 1 is 1.26 bits per heavy atom. The number of hydrogen-bond donors (Lipinski definition) is 1. The first kappa shape index (κ1) is 29.0. The van der Waals surface area contributed by atoms with Gasteiger partial charge in [-0.15, -0.1) is 0 Å². The van der Waals surface area contributed by atoms with Gasteiger partial charge in [-0.1, -0.05) is 18.1 Å². The summed E-state index contributed by atoms with van der Waals surface area (Å²) in [5, 5.41) is 6.51. The number of ether oxygens (including phenoxy) is 3. The van der Waals surface area contributed by atoms with Gasteiger partial charge in [0.1, 0.15) is 17.2 Å². The number of carbonyl (C=O) groups is 3. The number of pyridine rings is 1. The minimum atomic E-state index is -1.22. The first-order chi connectivity index (χ1) is 20.1. The van der Waals surface area contributed by atoms with E-state index in [2.05, 4.69) is 10.5 Å². The van der Waals surface area contributed by atoms with Crippen LogP contribution in [0.3, 0.4) is 0 Å². The van der Waals surface area contributed by atoms with E-state index in [1.54, 1.807) is 11.8 Å². The molecule has 0 unspecified atom stereocenters. The van der Waals surface area contributed by atoms with E-state index >= 15 is 0 Å². The lowest BCUT2D eigenvalue weighted by atomic mass is 9.85. The molecule has 42 heavy (non-hydrogen) atoms. The van der Waals surface area contributed by atoms with Gasteiger partial charge in [0.05, 0.1) is 26.2 Å². The molecule has 2 amide bonds. The second kappa shape index (κ2) is 11.4. The second-order valence-electron chi connectivity index (χ2n) is 10.5. The summed E-state index contributed by atoms with van der Waals surface area (Å²) in [5.41, 5.74) is -2.77. The molecule has 3 aliphatic heterocycles. The molecule has 1 aromatic heterocycles. The molecule has 0 aliphatic carbocycles. The molecular formula is C28H30F2N4O8. The number of nitrogens with one attached hydrogen (secondary N) is 1. The Labute approximate surface area is 239 Å². The summed E-state index contributed by atoms with van der Waals surface area (Å²) in [6, 6.07) is 1.95. The maximum absolute atomic E-state index is 14.2. The third-order valence-electron chi connectivity index (χ3n) is 7.81. The second-order valence-corrected chi connectivity index (χ2v) is 10.5. The van der Waals surface area contributed by atoms with Crippen molar-refractivity contribution in [2.45, 2.75) is 63.8 Å². The van der Waals surface area contributed by atoms with Crippen LogP contribution in [0.25, 0.3) is 0 Å². The lowest BCUT2D eigenvalue weighted by Crippen LogP contribution is -2.52. The van der Waals surface area contributed by atoms with E-state index in [1.165, 1.54) is 17.9 Å². The Kier molecular flexibility index (Phi) is 7.89. The molecule has 12 nitrogen and oxygen atoms in total. The number of benzene rings is 1. The van der Waals surface area contributed by atoms with E-state index in [1.807, 2.05) is 6.92 Å². The minimum absolute atomic E-state index is 0.000414. The molecule has 0 radical (unpaired) electrons. The number of rotatable bonds is 6. The molecule has 1 fully saturated rings. The van der Waals surface area contributed by atoms with Crippen LogP contribution in [0.1, 0.15) is 72.0 Å². The lowest BCUT2D eigenvalue weighted by Gasteiger charge is -2.41. The van der Waals surface area contributed by atoms with Crippen LogP contribution in [0.5, 0.6) is 5.75 Å². The first-order valence-corrected chi connectivity index (χ1v) is 13.5. The third kappa shape index (κ3) is 5.16. The molecule has 224 valence electrons. The monoisotopic (exact) mass is 588 g/mol. The number of hydrogen-bond acceptors (Lipinski definition) is 9. The van der Waals surface area contributed by atoms with Crippen LogP contribution in [0.15, 0.2) is 34.3 Å². The van der Waals surface area contributed by atoms with Gasteiger partial charge in [0.25, 0.3) is 11.8 Å². The number of halogens is 2. The molecule has 14 heteroatoms. The molecule has 2 aromatic rings. The average Bonchev–Trinajstić information content (AvgIpc) is 3.34.